The molecule has 7 rings (SSSR count). The van der Waals surface area contributed by atoms with Gasteiger partial charge < -0.3 is 9.05 Å². The summed E-state index contributed by atoms with van der Waals surface area (Å²) in [5.41, 5.74) is 7.23. The van der Waals surface area contributed by atoms with E-state index in [9.17, 15) is 9.46 Å². The highest BCUT2D eigenvalue weighted by molar-refractivity contribution is 7.48. The molecule has 0 atom stereocenters. The van der Waals surface area contributed by atoms with E-state index in [0.717, 1.165) is 54.9 Å². The third-order valence-corrected chi connectivity index (χ3v) is 9.27. The van der Waals surface area contributed by atoms with Gasteiger partial charge in [0.1, 0.15) is 11.5 Å². The van der Waals surface area contributed by atoms with Crippen LogP contribution in [0.4, 0.5) is 0 Å². The number of benzene rings is 6. The number of phosphoric acid groups is 1. The molecule has 1 aliphatic rings. The van der Waals surface area contributed by atoms with Crippen molar-refractivity contribution in [3.8, 4) is 44.9 Å². The number of hydrogen-bond donors (Lipinski definition) is 1. The molecule has 4 nitrogen and oxygen atoms in total. The van der Waals surface area contributed by atoms with Gasteiger partial charge in [0.25, 0.3) is 0 Å². The SMILES string of the molecule is CC(C)c1ccc(-c2cc3ccccc3c3c2OP(=O)(O)Oc2c(-c4ccc(C(C)C)cc4)cc4ccccc4c2-3)cc1. The van der Waals surface area contributed by atoms with Crippen LogP contribution in [0.15, 0.2) is 109 Å². The molecular weight excluding hydrogens is 551 g/mol. The zero-order valence-electron chi connectivity index (χ0n) is 24.7. The second-order valence-electron chi connectivity index (χ2n) is 11.9. The summed E-state index contributed by atoms with van der Waals surface area (Å²) in [7, 11) is -4.60. The molecule has 1 N–H and O–H groups in total. The molecule has 0 bridgehead atoms. The standard InChI is InChI=1S/C38H33O4P/c1-23(2)25-13-17-27(18-14-25)33-21-29-9-5-7-11-31(29)35-36-32-12-8-6-10-30(32)22-34(28-19-15-26(16-20-28)24(3)4)38(36)42-43(39,40)41-37(33)35/h5-24H,1-4H3,(H,39,40). The van der Waals surface area contributed by atoms with Gasteiger partial charge in [-0.25, -0.2) is 4.57 Å². The van der Waals surface area contributed by atoms with Gasteiger partial charge in [0.2, 0.25) is 0 Å². The van der Waals surface area contributed by atoms with Gasteiger partial charge in [-0.2, -0.15) is 0 Å². The Labute approximate surface area is 252 Å². The minimum atomic E-state index is -4.60. The van der Waals surface area contributed by atoms with Crippen molar-refractivity contribution < 1.29 is 18.5 Å². The number of phosphoric ester groups is 1. The monoisotopic (exact) mass is 584 g/mol. The van der Waals surface area contributed by atoms with Crippen LogP contribution in [-0.2, 0) is 4.57 Å². The predicted molar refractivity (Wildman–Crippen MR) is 177 cm³/mol. The lowest BCUT2D eigenvalue weighted by molar-refractivity contribution is 0.295. The summed E-state index contributed by atoms with van der Waals surface area (Å²) in [6.45, 7) is 8.65. The van der Waals surface area contributed by atoms with Crippen molar-refractivity contribution in [1.82, 2.24) is 0 Å². The second-order valence-corrected chi connectivity index (χ2v) is 13.2. The quantitative estimate of drug-likeness (QED) is 0.209. The number of hydrogen-bond acceptors (Lipinski definition) is 3. The minimum absolute atomic E-state index is 0.345. The fourth-order valence-corrected chi connectivity index (χ4v) is 6.99. The first kappa shape index (κ1) is 27.5. The average Bonchev–Trinajstić information content (AvgIpc) is 3.13. The van der Waals surface area contributed by atoms with Crippen molar-refractivity contribution in [1.29, 1.82) is 0 Å². The molecule has 0 amide bonds. The maximum atomic E-state index is 13.8. The molecular formula is C38H33O4P. The van der Waals surface area contributed by atoms with E-state index >= 15 is 0 Å². The Morgan fingerprint density at radius 1 is 0.558 bits per heavy atom. The van der Waals surface area contributed by atoms with Crippen molar-refractivity contribution in [3.63, 3.8) is 0 Å². The van der Waals surface area contributed by atoms with Crippen LogP contribution in [0.3, 0.4) is 0 Å². The van der Waals surface area contributed by atoms with E-state index in [0.29, 0.717) is 23.3 Å². The summed E-state index contributed by atoms with van der Waals surface area (Å²) in [5.74, 6) is 1.46. The van der Waals surface area contributed by atoms with Crippen LogP contribution in [0, 0.1) is 0 Å². The first-order chi connectivity index (χ1) is 20.7. The number of fused-ring (bicyclic) bond motifs is 7. The molecule has 0 saturated carbocycles. The maximum absolute atomic E-state index is 13.8. The Morgan fingerprint density at radius 2 is 0.930 bits per heavy atom. The van der Waals surface area contributed by atoms with Crippen LogP contribution in [0.5, 0.6) is 11.5 Å². The smallest absolute Gasteiger partial charge is 0.394 e. The fourth-order valence-electron chi connectivity index (χ4n) is 6.12. The highest BCUT2D eigenvalue weighted by Gasteiger charge is 2.37. The summed E-state index contributed by atoms with van der Waals surface area (Å²) < 4.78 is 26.0. The second kappa shape index (κ2) is 10.4. The molecule has 0 unspecified atom stereocenters. The molecule has 0 aromatic heterocycles. The first-order valence-electron chi connectivity index (χ1n) is 14.7. The van der Waals surface area contributed by atoms with Gasteiger partial charge in [-0.15, -0.1) is 0 Å². The summed E-state index contributed by atoms with van der Waals surface area (Å²) in [4.78, 5) is 11.3. The topological polar surface area (TPSA) is 55.8 Å². The fraction of sp³-hybridized carbons (Fsp3) is 0.158. The molecule has 6 aromatic carbocycles. The zero-order chi connectivity index (χ0) is 29.9. The van der Waals surface area contributed by atoms with Gasteiger partial charge in [0, 0.05) is 22.3 Å². The summed E-state index contributed by atoms with van der Waals surface area (Å²) >= 11 is 0. The van der Waals surface area contributed by atoms with Gasteiger partial charge in [-0.05, 0) is 67.8 Å². The van der Waals surface area contributed by atoms with Gasteiger partial charge in [-0.1, -0.05) is 125 Å². The minimum Gasteiger partial charge on any atom is -0.394 e. The predicted octanol–water partition coefficient (Wildman–Crippen LogP) is 11.1. The maximum Gasteiger partial charge on any atom is 0.584 e. The van der Waals surface area contributed by atoms with E-state index < -0.39 is 7.82 Å². The molecule has 0 spiro atoms. The molecule has 214 valence electrons. The van der Waals surface area contributed by atoms with Crippen LogP contribution in [-0.4, -0.2) is 4.89 Å². The molecule has 0 aliphatic carbocycles. The van der Waals surface area contributed by atoms with Crippen LogP contribution >= 0.6 is 7.82 Å². The average molecular weight is 585 g/mol. The molecule has 6 aromatic rings. The van der Waals surface area contributed by atoms with Crippen LogP contribution in [0.2, 0.25) is 0 Å². The lowest BCUT2D eigenvalue weighted by atomic mass is 9.86. The third-order valence-electron chi connectivity index (χ3n) is 8.44. The Kier molecular flexibility index (Phi) is 6.65. The normalized spacial score (nSPS) is 13.8. The largest absolute Gasteiger partial charge is 0.584 e. The molecule has 0 fully saturated rings. The van der Waals surface area contributed by atoms with Crippen molar-refractivity contribution in [3.05, 3.63) is 120 Å². The Balaban J connectivity index is 1.61. The summed E-state index contributed by atoms with van der Waals surface area (Å²) in [6.07, 6.45) is 0. The summed E-state index contributed by atoms with van der Waals surface area (Å²) in [5, 5.41) is 3.85. The Hall–Kier alpha value is -4.37. The van der Waals surface area contributed by atoms with E-state index in [1.165, 1.54) is 11.1 Å². The molecule has 1 heterocycles. The third kappa shape index (κ3) is 4.81. The molecule has 5 heteroatoms. The van der Waals surface area contributed by atoms with E-state index in [1.54, 1.807) is 0 Å². The van der Waals surface area contributed by atoms with Gasteiger partial charge in [-0.3, -0.25) is 4.89 Å². The zero-order valence-corrected chi connectivity index (χ0v) is 25.6. The Bertz CT molecular complexity index is 1910. The van der Waals surface area contributed by atoms with Crippen LogP contribution in [0.1, 0.15) is 50.7 Å². The lowest BCUT2D eigenvalue weighted by Crippen LogP contribution is -2.00. The summed E-state index contributed by atoms with van der Waals surface area (Å²) in [6, 6.07) is 37.0. The highest BCUT2D eigenvalue weighted by Crippen LogP contribution is 2.61. The van der Waals surface area contributed by atoms with Gasteiger partial charge in [0.05, 0.1) is 0 Å². The van der Waals surface area contributed by atoms with Gasteiger partial charge >= 0.3 is 7.82 Å². The van der Waals surface area contributed by atoms with Crippen molar-refractivity contribution in [2.24, 2.45) is 0 Å². The van der Waals surface area contributed by atoms with E-state index in [2.05, 4.69) is 88.4 Å². The first-order valence-corrected chi connectivity index (χ1v) is 16.2. The highest BCUT2D eigenvalue weighted by atomic mass is 31.2. The van der Waals surface area contributed by atoms with Crippen LogP contribution in [0.25, 0.3) is 54.9 Å². The Morgan fingerprint density at radius 3 is 1.30 bits per heavy atom. The van der Waals surface area contributed by atoms with Crippen LogP contribution < -0.4 is 9.05 Å². The number of rotatable bonds is 4. The lowest BCUT2D eigenvalue weighted by Gasteiger charge is -2.19. The molecule has 0 saturated heterocycles. The van der Waals surface area contributed by atoms with Gasteiger partial charge in [0.15, 0.2) is 0 Å². The van der Waals surface area contributed by atoms with E-state index in [4.69, 9.17) is 9.05 Å². The van der Waals surface area contributed by atoms with Crippen molar-refractivity contribution in [2.45, 2.75) is 39.5 Å². The van der Waals surface area contributed by atoms with Crippen molar-refractivity contribution in [2.75, 3.05) is 0 Å². The van der Waals surface area contributed by atoms with E-state index in [-0.39, 0.29) is 0 Å². The van der Waals surface area contributed by atoms with E-state index in [1.807, 2.05) is 48.5 Å². The van der Waals surface area contributed by atoms with Crippen molar-refractivity contribution >= 4 is 29.4 Å². The molecule has 1 aliphatic heterocycles. The molecule has 43 heavy (non-hydrogen) atoms. The molecule has 0 radical (unpaired) electrons.